The third kappa shape index (κ3) is 7.20. The molecule has 0 radical (unpaired) electrons. The van der Waals surface area contributed by atoms with E-state index in [0.717, 1.165) is 5.56 Å². The van der Waals surface area contributed by atoms with Crippen LogP contribution >= 0.6 is 0 Å². The van der Waals surface area contributed by atoms with Crippen LogP contribution in [-0.2, 0) is 9.53 Å². The number of halogens is 1. The van der Waals surface area contributed by atoms with Gasteiger partial charge in [0.05, 0.1) is 24.2 Å². The number of carbonyl (C=O) groups excluding carboxylic acids is 2. The van der Waals surface area contributed by atoms with E-state index in [1.54, 1.807) is 49.6 Å². The molecule has 0 saturated heterocycles. The van der Waals surface area contributed by atoms with E-state index in [1.165, 1.54) is 28.8 Å². The third-order valence-electron chi connectivity index (χ3n) is 5.86. The van der Waals surface area contributed by atoms with Crippen molar-refractivity contribution in [1.29, 1.82) is 0 Å². The lowest BCUT2D eigenvalue weighted by Gasteiger charge is -2.23. The van der Waals surface area contributed by atoms with Gasteiger partial charge in [0, 0.05) is 31.9 Å². The molecule has 0 spiro atoms. The van der Waals surface area contributed by atoms with E-state index in [1.807, 2.05) is 30.3 Å². The van der Waals surface area contributed by atoms with Gasteiger partial charge in [-0.15, -0.1) is 0 Å². The second kappa shape index (κ2) is 13.2. The molecule has 0 bridgehead atoms. The quantitative estimate of drug-likeness (QED) is 0.260. The van der Waals surface area contributed by atoms with Crippen molar-refractivity contribution in [3.05, 3.63) is 90.7 Å². The van der Waals surface area contributed by atoms with Crippen LogP contribution in [0, 0.1) is 5.82 Å². The number of rotatable bonds is 11. The number of anilines is 2. The van der Waals surface area contributed by atoms with E-state index in [-0.39, 0.29) is 18.9 Å². The monoisotopic (exact) mass is 531 g/mol. The highest BCUT2D eigenvalue weighted by Gasteiger charge is 2.20. The second-order valence-corrected chi connectivity index (χ2v) is 8.62. The van der Waals surface area contributed by atoms with E-state index >= 15 is 0 Å². The molecule has 0 atom stereocenters. The topological polar surface area (TPSA) is 97.7 Å². The van der Waals surface area contributed by atoms with Crippen LogP contribution in [0.25, 0.3) is 16.9 Å². The number of nitrogens with zero attached hydrogens (tertiary/aromatic N) is 3. The van der Waals surface area contributed by atoms with Crippen LogP contribution < -0.4 is 15.4 Å². The molecule has 1 heterocycles. The Morgan fingerprint density at radius 1 is 0.949 bits per heavy atom. The zero-order chi connectivity index (χ0) is 27.6. The smallest absolute Gasteiger partial charge is 0.322 e. The van der Waals surface area contributed by atoms with E-state index in [0.29, 0.717) is 41.7 Å². The van der Waals surface area contributed by atoms with Crippen molar-refractivity contribution < 1.29 is 23.5 Å². The Bertz CT molecular complexity index is 1390. The van der Waals surface area contributed by atoms with Gasteiger partial charge in [-0.2, -0.15) is 5.10 Å². The van der Waals surface area contributed by atoms with Gasteiger partial charge in [0.25, 0.3) is 0 Å². The van der Waals surface area contributed by atoms with Gasteiger partial charge in [-0.1, -0.05) is 42.5 Å². The summed E-state index contributed by atoms with van der Waals surface area (Å²) in [6.45, 7) is 0.493. The average molecular weight is 532 g/mol. The molecule has 0 aliphatic heterocycles. The number of hydrogen-bond acceptors (Lipinski definition) is 5. The SMILES string of the molecule is COCCCN(CC(=O)Nc1cc(-c2ccccc2)nn1-c1ccc(F)cc1)C(=O)Nc1ccccc1OC. The van der Waals surface area contributed by atoms with Crippen molar-refractivity contribution >= 4 is 23.4 Å². The summed E-state index contributed by atoms with van der Waals surface area (Å²) in [7, 11) is 3.09. The molecule has 0 unspecified atom stereocenters. The molecule has 4 rings (SSSR count). The van der Waals surface area contributed by atoms with Crippen LogP contribution in [0.15, 0.2) is 84.9 Å². The molecule has 1 aromatic heterocycles. The highest BCUT2D eigenvalue weighted by molar-refractivity contribution is 5.97. The molecule has 2 N–H and O–H groups in total. The molecule has 3 aromatic carbocycles. The number of aromatic nitrogens is 2. The molecule has 0 saturated carbocycles. The zero-order valence-electron chi connectivity index (χ0n) is 21.8. The molecule has 0 aliphatic carbocycles. The van der Waals surface area contributed by atoms with Gasteiger partial charge in [-0.3, -0.25) is 4.79 Å². The number of amides is 3. The summed E-state index contributed by atoms with van der Waals surface area (Å²) in [6, 6.07) is 23.6. The first kappa shape index (κ1) is 27.3. The van der Waals surface area contributed by atoms with E-state index in [2.05, 4.69) is 15.7 Å². The van der Waals surface area contributed by atoms with Crippen LogP contribution in [0.5, 0.6) is 5.75 Å². The highest BCUT2D eigenvalue weighted by atomic mass is 19.1. The molecular formula is C29H30FN5O4. The zero-order valence-corrected chi connectivity index (χ0v) is 21.8. The van der Waals surface area contributed by atoms with Crippen LogP contribution in [-0.4, -0.2) is 60.5 Å². The number of benzene rings is 3. The van der Waals surface area contributed by atoms with Crippen molar-refractivity contribution in [1.82, 2.24) is 14.7 Å². The Morgan fingerprint density at radius 3 is 2.38 bits per heavy atom. The fourth-order valence-corrected chi connectivity index (χ4v) is 3.95. The predicted molar refractivity (Wildman–Crippen MR) is 148 cm³/mol. The van der Waals surface area contributed by atoms with Gasteiger partial charge in [-0.25, -0.2) is 13.9 Å². The summed E-state index contributed by atoms with van der Waals surface area (Å²) in [5.41, 5.74) is 2.54. The Balaban J connectivity index is 1.56. The average Bonchev–Trinajstić information content (AvgIpc) is 3.37. The molecule has 0 fully saturated rings. The first-order chi connectivity index (χ1) is 19.0. The van der Waals surface area contributed by atoms with E-state index in [4.69, 9.17) is 9.47 Å². The second-order valence-electron chi connectivity index (χ2n) is 8.62. The molecular weight excluding hydrogens is 501 g/mol. The van der Waals surface area contributed by atoms with Gasteiger partial charge in [0.1, 0.15) is 23.9 Å². The lowest BCUT2D eigenvalue weighted by atomic mass is 10.1. The van der Waals surface area contributed by atoms with E-state index in [9.17, 15) is 14.0 Å². The van der Waals surface area contributed by atoms with Crippen molar-refractivity contribution in [3.63, 3.8) is 0 Å². The molecule has 9 nitrogen and oxygen atoms in total. The molecule has 3 amide bonds. The van der Waals surface area contributed by atoms with E-state index < -0.39 is 11.9 Å². The summed E-state index contributed by atoms with van der Waals surface area (Å²) in [5, 5.41) is 10.3. The lowest BCUT2D eigenvalue weighted by molar-refractivity contribution is -0.116. The highest BCUT2D eigenvalue weighted by Crippen LogP contribution is 2.26. The Labute approximate surface area is 226 Å². The maximum absolute atomic E-state index is 13.6. The minimum atomic E-state index is -0.456. The number of para-hydroxylation sites is 2. The van der Waals surface area contributed by atoms with Crippen molar-refractivity contribution in [2.24, 2.45) is 0 Å². The predicted octanol–water partition coefficient (Wildman–Crippen LogP) is 5.20. The maximum atomic E-state index is 13.6. The van der Waals surface area contributed by atoms with Crippen LogP contribution in [0.1, 0.15) is 6.42 Å². The third-order valence-corrected chi connectivity index (χ3v) is 5.86. The van der Waals surface area contributed by atoms with Gasteiger partial charge >= 0.3 is 6.03 Å². The molecule has 4 aromatic rings. The Morgan fingerprint density at radius 2 is 1.67 bits per heavy atom. The first-order valence-corrected chi connectivity index (χ1v) is 12.4. The Hall–Kier alpha value is -4.70. The summed E-state index contributed by atoms with van der Waals surface area (Å²) < 4.78 is 25.6. The number of methoxy groups -OCH3 is 2. The van der Waals surface area contributed by atoms with Crippen molar-refractivity contribution in [2.45, 2.75) is 6.42 Å². The number of carbonyl (C=O) groups is 2. The van der Waals surface area contributed by atoms with Gasteiger partial charge < -0.3 is 25.0 Å². The number of hydrogen-bond donors (Lipinski definition) is 2. The fourth-order valence-electron chi connectivity index (χ4n) is 3.95. The maximum Gasteiger partial charge on any atom is 0.322 e. The van der Waals surface area contributed by atoms with Crippen LogP contribution in [0.4, 0.5) is 20.7 Å². The summed E-state index contributed by atoms with van der Waals surface area (Å²) in [5.74, 6) is 0.0780. The fraction of sp³-hybridized carbons (Fsp3) is 0.207. The van der Waals surface area contributed by atoms with Gasteiger partial charge in [-0.05, 0) is 42.8 Å². The minimum absolute atomic E-state index is 0.222. The first-order valence-electron chi connectivity index (χ1n) is 12.4. The number of urea groups is 1. The van der Waals surface area contributed by atoms with Gasteiger partial charge in [0.2, 0.25) is 5.91 Å². The van der Waals surface area contributed by atoms with Crippen LogP contribution in [0.3, 0.4) is 0 Å². The molecule has 202 valence electrons. The Kier molecular flexibility index (Phi) is 9.25. The van der Waals surface area contributed by atoms with Crippen molar-refractivity contribution in [3.8, 4) is 22.7 Å². The summed E-state index contributed by atoms with van der Waals surface area (Å²) in [4.78, 5) is 27.8. The lowest BCUT2D eigenvalue weighted by Crippen LogP contribution is -2.41. The summed E-state index contributed by atoms with van der Waals surface area (Å²) >= 11 is 0. The molecule has 39 heavy (non-hydrogen) atoms. The molecule has 0 aliphatic rings. The number of ether oxygens (including phenoxy) is 2. The standard InChI is InChI=1S/C29H30FN5O4/c1-38-18-8-17-34(29(37)31-24-11-6-7-12-26(24)39-2)20-28(36)32-27-19-25(21-9-4-3-5-10-21)33-35(27)23-15-13-22(30)14-16-23/h3-7,9-16,19H,8,17-18,20H2,1-2H3,(H,31,37)(H,32,36). The van der Waals surface area contributed by atoms with Crippen LogP contribution in [0.2, 0.25) is 0 Å². The summed E-state index contributed by atoms with van der Waals surface area (Å²) in [6.07, 6.45) is 0.536. The largest absolute Gasteiger partial charge is 0.495 e. The molecule has 10 heteroatoms. The minimum Gasteiger partial charge on any atom is -0.495 e. The normalized spacial score (nSPS) is 10.6. The number of nitrogens with one attached hydrogen (secondary N) is 2. The van der Waals surface area contributed by atoms with Gasteiger partial charge in [0.15, 0.2) is 0 Å². The van der Waals surface area contributed by atoms with Crippen molar-refractivity contribution in [2.75, 3.05) is 44.5 Å².